The molecule has 0 amide bonds. The van der Waals surface area contributed by atoms with Gasteiger partial charge < -0.3 is 0 Å². The molecule has 0 N–H and O–H groups in total. The summed E-state index contributed by atoms with van der Waals surface area (Å²) in [4.78, 5) is 16.2. The monoisotopic (exact) mass is 247 g/mol. The lowest BCUT2D eigenvalue weighted by Crippen LogP contribution is -2.05. The van der Waals surface area contributed by atoms with Crippen molar-refractivity contribution in [1.29, 1.82) is 0 Å². The Labute approximate surface area is 107 Å². The van der Waals surface area contributed by atoms with Crippen LogP contribution in [0.2, 0.25) is 0 Å². The maximum absolute atomic E-state index is 12.1. The molecular formula is C14H14ClNO. The predicted octanol–water partition coefficient (Wildman–Crippen LogP) is 3.35. The van der Waals surface area contributed by atoms with Crippen LogP contribution in [0.4, 0.5) is 0 Å². The van der Waals surface area contributed by atoms with Gasteiger partial charge in [-0.15, -0.1) is 12.4 Å². The number of aromatic nitrogens is 1. The number of hydrogen-bond acceptors (Lipinski definition) is 2. The van der Waals surface area contributed by atoms with Gasteiger partial charge in [-0.3, -0.25) is 9.78 Å². The largest absolute Gasteiger partial charge is 0.287 e. The number of carbonyl (C=O) groups is 1. The summed E-state index contributed by atoms with van der Waals surface area (Å²) < 4.78 is 0. The van der Waals surface area contributed by atoms with Gasteiger partial charge in [0.15, 0.2) is 0 Å². The minimum absolute atomic E-state index is 0. The molecular weight excluding hydrogens is 234 g/mol. The minimum atomic E-state index is -0.0156. The van der Waals surface area contributed by atoms with Crippen molar-refractivity contribution in [3.8, 4) is 0 Å². The van der Waals surface area contributed by atoms with Crippen LogP contribution < -0.4 is 0 Å². The van der Waals surface area contributed by atoms with Gasteiger partial charge in [-0.05, 0) is 31.5 Å². The first-order valence-electron chi connectivity index (χ1n) is 5.21. The summed E-state index contributed by atoms with van der Waals surface area (Å²) in [6, 6.07) is 11.2. The molecule has 2 aromatic rings. The van der Waals surface area contributed by atoms with Crippen molar-refractivity contribution in [2.75, 3.05) is 0 Å². The maximum atomic E-state index is 12.1. The Kier molecular flexibility index (Phi) is 4.41. The van der Waals surface area contributed by atoms with Gasteiger partial charge in [0.05, 0.1) is 0 Å². The zero-order chi connectivity index (χ0) is 11.5. The standard InChI is InChI=1S/C14H13NO.ClH/c1-10-6-7-12(11(2)9-10)14(16)13-5-3-4-8-15-13;/h3-9H,1-2H3;1H. The Morgan fingerprint density at radius 1 is 1.12 bits per heavy atom. The molecule has 0 unspecified atom stereocenters. The molecule has 0 fully saturated rings. The predicted molar refractivity (Wildman–Crippen MR) is 70.8 cm³/mol. The number of ketones is 1. The van der Waals surface area contributed by atoms with Crippen LogP contribution in [0.5, 0.6) is 0 Å². The third kappa shape index (κ3) is 2.92. The minimum Gasteiger partial charge on any atom is -0.287 e. The molecule has 1 aromatic heterocycles. The smallest absolute Gasteiger partial charge is 0.211 e. The lowest BCUT2D eigenvalue weighted by Gasteiger charge is -2.05. The molecule has 0 aliphatic carbocycles. The fourth-order valence-corrected chi connectivity index (χ4v) is 1.70. The quantitative estimate of drug-likeness (QED) is 0.762. The number of pyridine rings is 1. The number of carbonyl (C=O) groups excluding carboxylic acids is 1. The lowest BCUT2D eigenvalue weighted by atomic mass is 10.0. The molecule has 0 saturated carbocycles. The van der Waals surface area contributed by atoms with E-state index in [0.717, 1.165) is 16.7 Å². The van der Waals surface area contributed by atoms with Gasteiger partial charge in [-0.2, -0.15) is 0 Å². The van der Waals surface area contributed by atoms with Crippen molar-refractivity contribution >= 4 is 18.2 Å². The van der Waals surface area contributed by atoms with Crippen molar-refractivity contribution in [2.45, 2.75) is 13.8 Å². The summed E-state index contributed by atoms with van der Waals surface area (Å²) in [7, 11) is 0. The molecule has 0 atom stereocenters. The molecule has 2 nitrogen and oxygen atoms in total. The van der Waals surface area contributed by atoms with Gasteiger partial charge in [0.25, 0.3) is 0 Å². The first kappa shape index (κ1) is 13.4. The van der Waals surface area contributed by atoms with Gasteiger partial charge in [-0.25, -0.2) is 0 Å². The van der Waals surface area contributed by atoms with Crippen molar-refractivity contribution in [3.63, 3.8) is 0 Å². The van der Waals surface area contributed by atoms with Crippen molar-refractivity contribution < 1.29 is 4.79 Å². The fourth-order valence-electron chi connectivity index (χ4n) is 1.70. The second-order valence-corrected chi connectivity index (χ2v) is 3.86. The van der Waals surface area contributed by atoms with Crippen LogP contribution in [-0.4, -0.2) is 10.8 Å². The van der Waals surface area contributed by atoms with E-state index in [1.807, 2.05) is 38.1 Å². The number of nitrogens with zero attached hydrogens (tertiary/aromatic N) is 1. The van der Waals surface area contributed by atoms with E-state index >= 15 is 0 Å². The van der Waals surface area contributed by atoms with Crippen LogP contribution in [0.15, 0.2) is 42.6 Å². The van der Waals surface area contributed by atoms with Crippen molar-refractivity contribution in [1.82, 2.24) is 4.98 Å². The highest BCUT2D eigenvalue weighted by molar-refractivity contribution is 6.08. The molecule has 0 aliphatic heterocycles. The molecule has 0 radical (unpaired) electrons. The highest BCUT2D eigenvalue weighted by Crippen LogP contribution is 2.14. The lowest BCUT2D eigenvalue weighted by molar-refractivity contribution is 0.103. The molecule has 1 heterocycles. The van der Waals surface area contributed by atoms with Gasteiger partial charge in [0.1, 0.15) is 5.69 Å². The zero-order valence-electron chi connectivity index (χ0n) is 9.81. The Morgan fingerprint density at radius 3 is 2.47 bits per heavy atom. The maximum Gasteiger partial charge on any atom is 0.211 e. The molecule has 0 bridgehead atoms. The first-order valence-corrected chi connectivity index (χ1v) is 5.21. The summed E-state index contributed by atoms with van der Waals surface area (Å²) in [5.41, 5.74) is 3.38. The van der Waals surface area contributed by atoms with Crippen LogP contribution in [0, 0.1) is 13.8 Å². The van der Waals surface area contributed by atoms with Gasteiger partial charge in [0, 0.05) is 11.8 Å². The third-order valence-electron chi connectivity index (χ3n) is 2.52. The average molecular weight is 248 g/mol. The topological polar surface area (TPSA) is 30.0 Å². The van der Waals surface area contributed by atoms with E-state index in [9.17, 15) is 4.79 Å². The van der Waals surface area contributed by atoms with Gasteiger partial charge in [0.2, 0.25) is 5.78 Å². The average Bonchev–Trinajstić information content (AvgIpc) is 2.29. The van der Waals surface area contributed by atoms with Crippen LogP contribution in [0.1, 0.15) is 27.2 Å². The molecule has 88 valence electrons. The fraction of sp³-hybridized carbons (Fsp3) is 0.143. The van der Waals surface area contributed by atoms with Crippen molar-refractivity contribution in [2.24, 2.45) is 0 Å². The van der Waals surface area contributed by atoms with E-state index in [1.165, 1.54) is 0 Å². The second kappa shape index (κ2) is 5.60. The Hall–Kier alpha value is -1.67. The first-order chi connectivity index (χ1) is 7.68. The van der Waals surface area contributed by atoms with E-state index < -0.39 is 0 Å². The number of halogens is 1. The van der Waals surface area contributed by atoms with E-state index in [2.05, 4.69) is 4.98 Å². The van der Waals surface area contributed by atoms with Crippen LogP contribution in [-0.2, 0) is 0 Å². The number of benzene rings is 1. The Morgan fingerprint density at radius 2 is 1.88 bits per heavy atom. The van der Waals surface area contributed by atoms with E-state index in [1.54, 1.807) is 18.3 Å². The normalized spacial score (nSPS) is 9.53. The highest BCUT2D eigenvalue weighted by atomic mass is 35.5. The third-order valence-corrected chi connectivity index (χ3v) is 2.52. The molecule has 0 spiro atoms. The van der Waals surface area contributed by atoms with E-state index in [-0.39, 0.29) is 18.2 Å². The van der Waals surface area contributed by atoms with Crippen molar-refractivity contribution in [3.05, 3.63) is 65.0 Å². The molecule has 3 heteroatoms. The van der Waals surface area contributed by atoms with Gasteiger partial charge in [-0.1, -0.05) is 29.8 Å². The summed E-state index contributed by atoms with van der Waals surface area (Å²) in [5, 5.41) is 0. The number of rotatable bonds is 2. The SMILES string of the molecule is Cc1ccc(C(=O)c2ccccn2)c(C)c1.Cl. The molecule has 0 aliphatic rings. The Balaban J connectivity index is 0.00000144. The van der Waals surface area contributed by atoms with Crippen LogP contribution in [0.25, 0.3) is 0 Å². The number of aryl methyl sites for hydroxylation is 2. The summed E-state index contributed by atoms with van der Waals surface area (Å²) in [5.74, 6) is -0.0156. The summed E-state index contributed by atoms with van der Waals surface area (Å²) in [6.45, 7) is 3.96. The molecule has 2 rings (SSSR count). The Bertz CT molecular complexity index is 523. The highest BCUT2D eigenvalue weighted by Gasteiger charge is 2.11. The molecule has 17 heavy (non-hydrogen) atoms. The second-order valence-electron chi connectivity index (χ2n) is 3.86. The summed E-state index contributed by atoms with van der Waals surface area (Å²) >= 11 is 0. The van der Waals surface area contributed by atoms with E-state index in [0.29, 0.717) is 5.69 Å². The van der Waals surface area contributed by atoms with E-state index in [4.69, 9.17) is 0 Å². The molecule has 0 saturated heterocycles. The molecule has 1 aromatic carbocycles. The summed E-state index contributed by atoms with van der Waals surface area (Å²) in [6.07, 6.45) is 1.64. The zero-order valence-corrected chi connectivity index (χ0v) is 10.6. The van der Waals surface area contributed by atoms with Gasteiger partial charge >= 0.3 is 0 Å². The number of hydrogen-bond donors (Lipinski definition) is 0. The van der Waals surface area contributed by atoms with Crippen LogP contribution >= 0.6 is 12.4 Å². The van der Waals surface area contributed by atoms with Crippen LogP contribution in [0.3, 0.4) is 0 Å².